The first-order valence-electron chi connectivity index (χ1n) is 8.07. The van der Waals surface area contributed by atoms with Crippen LogP contribution in [0.5, 0.6) is 5.75 Å². The summed E-state index contributed by atoms with van der Waals surface area (Å²) in [5.74, 6) is 0.577. The average molecular weight is 322 g/mol. The van der Waals surface area contributed by atoms with Gasteiger partial charge in [-0.2, -0.15) is 0 Å². The molecule has 0 unspecified atom stereocenters. The third kappa shape index (κ3) is 3.59. The molecule has 1 aromatic heterocycles. The maximum Gasteiger partial charge on any atom is 0.258 e. The largest absolute Gasteiger partial charge is 0.484 e. The zero-order valence-corrected chi connectivity index (χ0v) is 14.3. The quantitative estimate of drug-likeness (QED) is 0.751. The van der Waals surface area contributed by atoms with E-state index in [2.05, 4.69) is 17.2 Å². The zero-order valence-electron chi connectivity index (χ0n) is 14.3. The van der Waals surface area contributed by atoms with Crippen LogP contribution in [0, 0.1) is 20.8 Å². The van der Waals surface area contributed by atoms with Crippen molar-refractivity contribution in [3.8, 4) is 5.75 Å². The first kappa shape index (κ1) is 16.1. The number of carbonyl (C=O) groups is 1. The molecule has 124 valence electrons. The average Bonchev–Trinajstić information content (AvgIpc) is 2.87. The van der Waals surface area contributed by atoms with Crippen LogP contribution >= 0.6 is 0 Å². The molecule has 0 fully saturated rings. The summed E-state index contributed by atoms with van der Waals surface area (Å²) in [5.41, 5.74) is 5.73. The van der Waals surface area contributed by atoms with Crippen LogP contribution in [-0.2, 0) is 11.3 Å². The van der Waals surface area contributed by atoms with Crippen LogP contribution in [0.4, 0.5) is 0 Å². The number of rotatable bonds is 5. The lowest BCUT2D eigenvalue weighted by Crippen LogP contribution is -2.28. The number of hydrogen-bond donors (Lipinski definition) is 2. The maximum absolute atomic E-state index is 11.9. The van der Waals surface area contributed by atoms with E-state index in [1.165, 1.54) is 11.1 Å². The van der Waals surface area contributed by atoms with Crippen LogP contribution in [0.1, 0.15) is 22.4 Å². The van der Waals surface area contributed by atoms with Crippen LogP contribution in [0.2, 0.25) is 0 Å². The van der Waals surface area contributed by atoms with Crippen LogP contribution in [-0.4, -0.2) is 17.5 Å². The van der Waals surface area contributed by atoms with Gasteiger partial charge in [-0.25, -0.2) is 0 Å². The minimum atomic E-state index is -0.127. The summed E-state index contributed by atoms with van der Waals surface area (Å²) in [6.07, 6.45) is 0. The Balaban J connectivity index is 1.56. The first-order chi connectivity index (χ1) is 11.5. The van der Waals surface area contributed by atoms with E-state index < -0.39 is 0 Å². The number of hydrogen-bond acceptors (Lipinski definition) is 2. The van der Waals surface area contributed by atoms with Gasteiger partial charge < -0.3 is 15.0 Å². The van der Waals surface area contributed by atoms with Gasteiger partial charge in [-0.3, -0.25) is 4.79 Å². The third-order valence-electron chi connectivity index (χ3n) is 4.26. The summed E-state index contributed by atoms with van der Waals surface area (Å²) in [4.78, 5) is 15.3. The normalized spacial score (nSPS) is 10.8. The topological polar surface area (TPSA) is 54.1 Å². The molecule has 24 heavy (non-hydrogen) atoms. The molecule has 2 aromatic carbocycles. The van der Waals surface area contributed by atoms with Crippen LogP contribution in [0.25, 0.3) is 10.9 Å². The minimum absolute atomic E-state index is 0.0137. The van der Waals surface area contributed by atoms with Gasteiger partial charge in [0.25, 0.3) is 5.91 Å². The number of H-pyrrole nitrogens is 1. The smallest absolute Gasteiger partial charge is 0.258 e. The number of benzene rings is 2. The van der Waals surface area contributed by atoms with E-state index in [1.54, 1.807) is 0 Å². The molecule has 3 aromatic rings. The SMILES string of the molecule is Cc1ccc(CNC(=O)COc2ccc3[nH]c(C)c(C)c3c2)cc1. The monoisotopic (exact) mass is 322 g/mol. The molecule has 0 spiro atoms. The molecule has 4 nitrogen and oxygen atoms in total. The predicted molar refractivity (Wildman–Crippen MR) is 96.3 cm³/mol. The van der Waals surface area contributed by atoms with Gasteiger partial charge in [0.1, 0.15) is 5.75 Å². The van der Waals surface area contributed by atoms with Gasteiger partial charge in [0.2, 0.25) is 0 Å². The highest BCUT2D eigenvalue weighted by atomic mass is 16.5. The Kier molecular flexibility index (Phi) is 4.56. The van der Waals surface area contributed by atoms with Gasteiger partial charge in [0, 0.05) is 23.1 Å². The highest BCUT2D eigenvalue weighted by Gasteiger charge is 2.07. The second-order valence-corrected chi connectivity index (χ2v) is 6.13. The lowest BCUT2D eigenvalue weighted by atomic mass is 10.1. The second-order valence-electron chi connectivity index (χ2n) is 6.13. The molecule has 0 saturated heterocycles. The molecule has 1 amide bonds. The minimum Gasteiger partial charge on any atom is -0.484 e. The number of carbonyl (C=O) groups excluding carboxylic acids is 1. The molecule has 4 heteroatoms. The van der Waals surface area contributed by atoms with Gasteiger partial charge in [0.05, 0.1) is 0 Å². The van der Waals surface area contributed by atoms with Crippen molar-refractivity contribution in [3.63, 3.8) is 0 Å². The second kappa shape index (κ2) is 6.79. The van der Waals surface area contributed by atoms with Crippen molar-refractivity contribution in [3.05, 3.63) is 64.8 Å². The predicted octanol–water partition coefficient (Wildman–Crippen LogP) is 3.79. The van der Waals surface area contributed by atoms with Crippen molar-refractivity contribution >= 4 is 16.8 Å². The van der Waals surface area contributed by atoms with Crippen molar-refractivity contribution < 1.29 is 9.53 Å². The molecule has 0 atom stereocenters. The third-order valence-corrected chi connectivity index (χ3v) is 4.26. The molecule has 0 aliphatic rings. The molecule has 0 aliphatic heterocycles. The van der Waals surface area contributed by atoms with Crippen molar-refractivity contribution in [2.75, 3.05) is 6.61 Å². The zero-order chi connectivity index (χ0) is 17.1. The molecule has 0 bridgehead atoms. The highest BCUT2D eigenvalue weighted by Crippen LogP contribution is 2.25. The van der Waals surface area contributed by atoms with Crippen molar-refractivity contribution in [2.45, 2.75) is 27.3 Å². The number of fused-ring (bicyclic) bond motifs is 1. The molecular formula is C20H22N2O2. The van der Waals surface area contributed by atoms with Crippen molar-refractivity contribution in [2.24, 2.45) is 0 Å². The van der Waals surface area contributed by atoms with Crippen LogP contribution in [0.15, 0.2) is 42.5 Å². The Hall–Kier alpha value is -2.75. The summed E-state index contributed by atoms with van der Waals surface area (Å²) >= 11 is 0. The lowest BCUT2D eigenvalue weighted by Gasteiger charge is -2.08. The van der Waals surface area contributed by atoms with Crippen molar-refractivity contribution in [1.82, 2.24) is 10.3 Å². The van der Waals surface area contributed by atoms with E-state index in [0.29, 0.717) is 12.3 Å². The van der Waals surface area contributed by atoms with E-state index in [4.69, 9.17) is 4.74 Å². The molecule has 0 radical (unpaired) electrons. The molecular weight excluding hydrogens is 300 g/mol. The summed E-state index contributed by atoms with van der Waals surface area (Å²) in [6, 6.07) is 13.9. The Morgan fingerprint density at radius 1 is 1.08 bits per heavy atom. The van der Waals surface area contributed by atoms with E-state index in [-0.39, 0.29) is 12.5 Å². The molecule has 0 aliphatic carbocycles. The van der Waals surface area contributed by atoms with Crippen LogP contribution in [0.3, 0.4) is 0 Å². The number of amides is 1. The van der Waals surface area contributed by atoms with E-state index in [9.17, 15) is 4.79 Å². The number of ether oxygens (including phenoxy) is 1. The molecule has 1 heterocycles. The Morgan fingerprint density at radius 2 is 1.83 bits per heavy atom. The molecule has 3 rings (SSSR count). The van der Waals surface area contributed by atoms with Crippen molar-refractivity contribution in [1.29, 1.82) is 0 Å². The van der Waals surface area contributed by atoms with Gasteiger partial charge in [-0.15, -0.1) is 0 Å². The summed E-state index contributed by atoms with van der Waals surface area (Å²) in [5, 5.41) is 4.00. The van der Waals surface area contributed by atoms with E-state index in [1.807, 2.05) is 56.3 Å². The maximum atomic E-state index is 11.9. The van der Waals surface area contributed by atoms with Gasteiger partial charge in [-0.05, 0) is 50.1 Å². The van der Waals surface area contributed by atoms with Gasteiger partial charge in [0.15, 0.2) is 6.61 Å². The Bertz CT molecular complexity index is 863. The van der Waals surface area contributed by atoms with E-state index in [0.717, 1.165) is 22.2 Å². The summed E-state index contributed by atoms with van der Waals surface area (Å²) in [6.45, 7) is 6.69. The summed E-state index contributed by atoms with van der Waals surface area (Å²) < 4.78 is 5.62. The van der Waals surface area contributed by atoms with E-state index >= 15 is 0 Å². The first-order valence-corrected chi connectivity index (χ1v) is 8.07. The van der Waals surface area contributed by atoms with Gasteiger partial charge >= 0.3 is 0 Å². The molecule has 2 N–H and O–H groups in total. The number of nitrogens with one attached hydrogen (secondary N) is 2. The van der Waals surface area contributed by atoms with Gasteiger partial charge in [-0.1, -0.05) is 29.8 Å². The Labute approximate surface area is 141 Å². The summed E-state index contributed by atoms with van der Waals surface area (Å²) in [7, 11) is 0. The van der Waals surface area contributed by atoms with Crippen LogP contribution < -0.4 is 10.1 Å². The number of aromatic amines is 1. The number of aromatic nitrogens is 1. The fourth-order valence-electron chi connectivity index (χ4n) is 2.64. The standard InChI is InChI=1S/C20H22N2O2/c1-13-4-6-16(7-5-13)11-21-20(23)12-24-17-8-9-19-18(10-17)14(2)15(3)22-19/h4-10,22H,11-12H2,1-3H3,(H,21,23). The highest BCUT2D eigenvalue weighted by molar-refractivity contribution is 5.85. The fourth-order valence-corrected chi connectivity index (χ4v) is 2.64. The lowest BCUT2D eigenvalue weighted by molar-refractivity contribution is -0.123. The fraction of sp³-hybridized carbons (Fsp3) is 0.250. The molecule has 0 saturated carbocycles. The number of aryl methyl sites for hydroxylation is 3. The Morgan fingerprint density at radius 3 is 2.58 bits per heavy atom.